The number of hydrogen-bond donors (Lipinski definition) is 0. The number of rotatable bonds is 7. The van der Waals surface area contributed by atoms with Crippen molar-refractivity contribution in [3.63, 3.8) is 0 Å². The zero-order chi connectivity index (χ0) is 41.7. The van der Waals surface area contributed by atoms with Gasteiger partial charge in [-0.25, -0.2) is 0 Å². The van der Waals surface area contributed by atoms with E-state index in [4.69, 9.17) is 0 Å². The van der Waals surface area contributed by atoms with Crippen LogP contribution in [0.1, 0.15) is 0 Å². The second-order valence-electron chi connectivity index (χ2n) is 16.4. The summed E-state index contributed by atoms with van der Waals surface area (Å²) in [5.41, 5.74) is 13.1. The first-order valence-corrected chi connectivity index (χ1v) is 21.8. The summed E-state index contributed by atoms with van der Waals surface area (Å²) < 4.78 is 0. The van der Waals surface area contributed by atoms with E-state index in [1.54, 1.807) is 0 Å². The summed E-state index contributed by atoms with van der Waals surface area (Å²) >= 11 is 0. The molecule has 0 aliphatic heterocycles. The second-order valence-corrected chi connectivity index (χ2v) is 16.4. The second kappa shape index (κ2) is 15.3. The monoisotopic (exact) mass is 799 g/mol. The van der Waals surface area contributed by atoms with E-state index in [9.17, 15) is 0 Å². The van der Waals surface area contributed by atoms with Gasteiger partial charge in [-0.05, 0) is 123 Å². The lowest BCUT2D eigenvalue weighted by Crippen LogP contribution is -2.10. The van der Waals surface area contributed by atoms with Crippen LogP contribution in [0.15, 0.2) is 249 Å². The highest BCUT2D eigenvalue weighted by Gasteiger charge is 2.21. The normalized spacial score (nSPS) is 11.5. The summed E-state index contributed by atoms with van der Waals surface area (Å²) in [4.78, 5) is 2.45. The van der Waals surface area contributed by atoms with Crippen molar-refractivity contribution in [3.05, 3.63) is 249 Å². The van der Waals surface area contributed by atoms with E-state index in [0.29, 0.717) is 0 Å². The molecule has 0 aromatic heterocycles. The van der Waals surface area contributed by atoms with Crippen LogP contribution >= 0.6 is 0 Å². The van der Waals surface area contributed by atoms with Crippen LogP contribution in [-0.2, 0) is 0 Å². The van der Waals surface area contributed by atoms with E-state index < -0.39 is 0 Å². The van der Waals surface area contributed by atoms with Crippen LogP contribution < -0.4 is 4.90 Å². The van der Waals surface area contributed by atoms with Gasteiger partial charge in [0.25, 0.3) is 0 Å². The lowest BCUT2D eigenvalue weighted by molar-refractivity contribution is 1.30. The Bertz CT molecular complexity index is 3640. The Balaban J connectivity index is 1.06. The minimum atomic E-state index is 1.09. The number of benzene rings is 12. The molecule has 12 aromatic carbocycles. The molecule has 0 bridgehead atoms. The Hall–Kier alpha value is -8.26. The molecular weight excluding hydrogens is 759 g/mol. The molecule has 1 heteroatoms. The highest BCUT2D eigenvalue weighted by molar-refractivity contribution is 6.22. The molecule has 63 heavy (non-hydrogen) atoms. The van der Waals surface area contributed by atoms with Gasteiger partial charge in [-0.3, -0.25) is 0 Å². The van der Waals surface area contributed by atoms with Gasteiger partial charge in [0, 0.05) is 16.8 Å². The Morgan fingerprint density at radius 1 is 0.222 bits per heavy atom. The molecule has 0 N–H and O–H groups in total. The molecule has 0 saturated carbocycles. The van der Waals surface area contributed by atoms with E-state index >= 15 is 0 Å². The summed E-state index contributed by atoms with van der Waals surface area (Å²) in [6, 6.07) is 91.1. The number of anilines is 3. The van der Waals surface area contributed by atoms with Crippen molar-refractivity contribution in [1.29, 1.82) is 0 Å². The predicted molar refractivity (Wildman–Crippen MR) is 270 cm³/mol. The molecule has 0 saturated heterocycles. The van der Waals surface area contributed by atoms with Crippen LogP contribution in [0.4, 0.5) is 17.1 Å². The summed E-state index contributed by atoms with van der Waals surface area (Å²) in [7, 11) is 0. The van der Waals surface area contributed by atoms with Crippen molar-refractivity contribution in [3.8, 4) is 44.5 Å². The SMILES string of the molecule is c1ccc(-c2c(-c3ccccc3)c3cc(N(c4ccc(-c5ccc(-c6cccc7ccccc67)cc5)cc4)c4cccc5c4ccc4ccccc45)ccc3c3ccccc23)cc1. The Labute approximate surface area is 367 Å². The van der Waals surface area contributed by atoms with Crippen LogP contribution in [0.25, 0.3) is 98.4 Å². The van der Waals surface area contributed by atoms with Crippen LogP contribution in [0.5, 0.6) is 0 Å². The Morgan fingerprint density at radius 2 is 0.683 bits per heavy atom. The van der Waals surface area contributed by atoms with Crippen LogP contribution in [0.3, 0.4) is 0 Å². The van der Waals surface area contributed by atoms with Gasteiger partial charge in [-0.2, -0.15) is 0 Å². The third-order valence-electron chi connectivity index (χ3n) is 12.8. The zero-order valence-electron chi connectivity index (χ0n) is 34.6. The number of hydrogen-bond acceptors (Lipinski definition) is 1. The molecule has 1 nitrogen and oxygen atoms in total. The maximum Gasteiger partial charge on any atom is 0.0540 e. The van der Waals surface area contributed by atoms with Gasteiger partial charge in [0.2, 0.25) is 0 Å². The molecule has 0 atom stereocenters. The number of nitrogens with zero attached hydrogens (tertiary/aromatic N) is 1. The van der Waals surface area contributed by atoms with Crippen LogP contribution in [-0.4, -0.2) is 0 Å². The quantitative estimate of drug-likeness (QED) is 0.145. The molecule has 12 rings (SSSR count). The van der Waals surface area contributed by atoms with E-state index in [2.05, 4.69) is 254 Å². The molecule has 0 aliphatic rings. The first-order valence-electron chi connectivity index (χ1n) is 21.8. The zero-order valence-corrected chi connectivity index (χ0v) is 34.6. The average Bonchev–Trinajstić information content (AvgIpc) is 3.36. The van der Waals surface area contributed by atoms with Crippen molar-refractivity contribution < 1.29 is 0 Å². The van der Waals surface area contributed by atoms with Crippen molar-refractivity contribution in [2.45, 2.75) is 0 Å². The van der Waals surface area contributed by atoms with Gasteiger partial charge in [-0.15, -0.1) is 0 Å². The molecule has 0 spiro atoms. The highest BCUT2D eigenvalue weighted by Crippen LogP contribution is 2.48. The maximum atomic E-state index is 2.45. The lowest BCUT2D eigenvalue weighted by Gasteiger charge is -2.28. The maximum absolute atomic E-state index is 2.45. The third-order valence-corrected chi connectivity index (χ3v) is 12.8. The largest absolute Gasteiger partial charge is 0.310 e. The predicted octanol–water partition coefficient (Wildman–Crippen LogP) is 17.6. The van der Waals surface area contributed by atoms with Crippen LogP contribution in [0.2, 0.25) is 0 Å². The fourth-order valence-electron chi connectivity index (χ4n) is 9.90. The molecule has 0 unspecified atom stereocenters. The van der Waals surface area contributed by atoms with E-state index in [-0.39, 0.29) is 0 Å². The standard InChI is InChI=1S/C62H41N/c1-3-17-47(18-4-1)61-58-25-12-11-24-55(58)56-40-38-50(41-59(56)62(61)48-19-5-2-6-20-48)63(60-28-14-27-54-53-23-10-8-16-45(53)35-39-57(54)60)49-36-33-43(34-37-49)42-29-31-46(32-30-42)52-26-13-21-44-15-7-9-22-51(44)52/h1-41H. The van der Waals surface area contributed by atoms with E-state index in [1.807, 2.05) is 0 Å². The van der Waals surface area contributed by atoms with Gasteiger partial charge in [-0.1, -0.05) is 218 Å². The smallest absolute Gasteiger partial charge is 0.0540 e. The molecule has 0 amide bonds. The van der Waals surface area contributed by atoms with Gasteiger partial charge in [0.1, 0.15) is 0 Å². The van der Waals surface area contributed by atoms with E-state index in [1.165, 1.54) is 98.4 Å². The molecule has 0 fully saturated rings. The minimum absolute atomic E-state index is 1.09. The minimum Gasteiger partial charge on any atom is -0.310 e. The number of fused-ring (bicyclic) bond motifs is 7. The molecule has 0 heterocycles. The molecule has 12 aromatic rings. The molecule has 0 aliphatic carbocycles. The first kappa shape index (κ1) is 36.6. The fraction of sp³-hybridized carbons (Fsp3) is 0. The molecular formula is C62H41N. The summed E-state index contributed by atoms with van der Waals surface area (Å²) in [6.07, 6.45) is 0. The first-order chi connectivity index (χ1) is 31.3. The van der Waals surface area contributed by atoms with Crippen molar-refractivity contribution in [2.24, 2.45) is 0 Å². The van der Waals surface area contributed by atoms with Gasteiger partial charge >= 0.3 is 0 Å². The van der Waals surface area contributed by atoms with Gasteiger partial charge in [0.05, 0.1) is 5.69 Å². The van der Waals surface area contributed by atoms with Crippen molar-refractivity contribution in [2.75, 3.05) is 4.90 Å². The van der Waals surface area contributed by atoms with Gasteiger partial charge in [0.15, 0.2) is 0 Å². The van der Waals surface area contributed by atoms with E-state index in [0.717, 1.165) is 17.1 Å². The Morgan fingerprint density at radius 3 is 1.40 bits per heavy atom. The third kappa shape index (κ3) is 6.33. The van der Waals surface area contributed by atoms with Crippen molar-refractivity contribution in [1.82, 2.24) is 0 Å². The topological polar surface area (TPSA) is 3.24 Å². The van der Waals surface area contributed by atoms with Crippen LogP contribution in [0, 0.1) is 0 Å². The lowest BCUT2D eigenvalue weighted by atomic mass is 9.85. The van der Waals surface area contributed by atoms with Gasteiger partial charge < -0.3 is 4.90 Å². The summed E-state index contributed by atoms with van der Waals surface area (Å²) in [5.74, 6) is 0. The average molecular weight is 800 g/mol. The van der Waals surface area contributed by atoms with Crippen molar-refractivity contribution >= 4 is 70.9 Å². The molecule has 0 radical (unpaired) electrons. The highest BCUT2D eigenvalue weighted by atomic mass is 15.1. The summed E-state index contributed by atoms with van der Waals surface area (Å²) in [6.45, 7) is 0. The Kier molecular flexibility index (Phi) is 8.90. The summed E-state index contributed by atoms with van der Waals surface area (Å²) in [5, 5.41) is 12.4. The fourth-order valence-corrected chi connectivity index (χ4v) is 9.90. The molecule has 294 valence electrons.